The van der Waals surface area contributed by atoms with E-state index in [1.54, 1.807) is 6.07 Å². The first-order valence-electron chi connectivity index (χ1n) is 5.12. The molecular formula is C12H13NO2. The number of carbonyl (C=O) groups excluding carboxylic acids is 2. The minimum Gasteiger partial charge on any atom is -0.370 e. The maximum atomic E-state index is 11.1. The molecule has 0 saturated carbocycles. The molecule has 3 heteroatoms. The number of aldehydes is 1. The Hall–Kier alpha value is -1.64. The molecule has 2 rings (SSSR count). The lowest BCUT2D eigenvalue weighted by atomic mass is 10.1. The second-order valence-electron chi connectivity index (χ2n) is 3.70. The minimum absolute atomic E-state index is 0.315. The van der Waals surface area contributed by atoms with Gasteiger partial charge < -0.3 is 4.90 Å². The molecule has 1 aliphatic rings. The molecular weight excluding hydrogens is 190 g/mol. The van der Waals surface area contributed by atoms with Gasteiger partial charge >= 0.3 is 0 Å². The fourth-order valence-electron chi connectivity index (χ4n) is 1.87. The molecule has 1 fully saturated rings. The van der Waals surface area contributed by atoms with Crippen molar-refractivity contribution < 1.29 is 9.59 Å². The quantitative estimate of drug-likeness (QED) is 0.686. The van der Waals surface area contributed by atoms with E-state index < -0.39 is 0 Å². The smallest absolute Gasteiger partial charge is 0.152 e. The number of carbonyl (C=O) groups is 2. The maximum Gasteiger partial charge on any atom is 0.152 e. The summed E-state index contributed by atoms with van der Waals surface area (Å²) in [5.41, 5.74) is 1.65. The van der Waals surface area contributed by atoms with E-state index in [1.807, 2.05) is 18.2 Å². The fourth-order valence-corrected chi connectivity index (χ4v) is 1.87. The molecule has 15 heavy (non-hydrogen) atoms. The average Bonchev–Trinajstić information content (AvgIpc) is 2.30. The summed E-state index contributed by atoms with van der Waals surface area (Å²) in [6.07, 6.45) is 2.05. The molecule has 1 heterocycles. The number of nitrogens with zero attached hydrogens (tertiary/aromatic N) is 1. The van der Waals surface area contributed by atoms with Gasteiger partial charge in [-0.1, -0.05) is 12.1 Å². The van der Waals surface area contributed by atoms with Crippen LogP contribution in [0.15, 0.2) is 24.3 Å². The van der Waals surface area contributed by atoms with E-state index in [4.69, 9.17) is 0 Å². The van der Waals surface area contributed by atoms with E-state index in [0.29, 0.717) is 24.2 Å². The number of ketones is 1. The first kappa shape index (κ1) is 9.90. The lowest BCUT2D eigenvalue weighted by Gasteiger charge is -2.29. The molecule has 78 valence electrons. The summed E-state index contributed by atoms with van der Waals surface area (Å²) in [5, 5.41) is 0. The Kier molecular flexibility index (Phi) is 2.81. The van der Waals surface area contributed by atoms with Crippen LogP contribution in [0.25, 0.3) is 0 Å². The van der Waals surface area contributed by atoms with Gasteiger partial charge in [-0.25, -0.2) is 0 Å². The largest absolute Gasteiger partial charge is 0.370 e. The summed E-state index contributed by atoms with van der Waals surface area (Å²) in [6, 6.07) is 7.50. The third-order valence-corrected chi connectivity index (χ3v) is 2.73. The van der Waals surface area contributed by atoms with Crippen molar-refractivity contribution in [1.82, 2.24) is 0 Å². The highest BCUT2D eigenvalue weighted by Gasteiger charge is 2.17. The predicted octanol–water partition coefficient (Wildman–Crippen LogP) is 1.67. The van der Waals surface area contributed by atoms with Gasteiger partial charge in [-0.15, -0.1) is 0 Å². The molecule has 0 atom stereocenters. The highest BCUT2D eigenvalue weighted by atomic mass is 16.1. The van der Waals surface area contributed by atoms with Crippen LogP contribution in [0.3, 0.4) is 0 Å². The van der Waals surface area contributed by atoms with Crippen LogP contribution < -0.4 is 4.90 Å². The zero-order valence-corrected chi connectivity index (χ0v) is 8.48. The highest BCUT2D eigenvalue weighted by molar-refractivity contribution is 5.86. The van der Waals surface area contributed by atoms with Crippen molar-refractivity contribution in [3.63, 3.8) is 0 Å². The van der Waals surface area contributed by atoms with Crippen molar-refractivity contribution in [3.05, 3.63) is 29.8 Å². The first-order valence-corrected chi connectivity index (χ1v) is 5.12. The zero-order chi connectivity index (χ0) is 10.7. The molecule has 0 unspecified atom stereocenters. The average molecular weight is 203 g/mol. The normalized spacial score (nSPS) is 16.5. The van der Waals surface area contributed by atoms with Crippen molar-refractivity contribution in [2.45, 2.75) is 12.8 Å². The van der Waals surface area contributed by atoms with Gasteiger partial charge in [-0.05, 0) is 12.1 Å². The molecule has 3 nitrogen and oxygen atoms in total. The van der Waals surface area contributed by atoms with E-state index >= 15 is 0 Å². The first-order chi connectivity index (χ1) is 7.31. The third-order valence-electron chi connectivity index (χ3n) is 2.73. The number of hydrogen-bond donors (Lipinski definition) is 0. The second-order valence-corrected chi connectivity index (χ2v) is 3.70. The molecule has 1 saturated heterocycles. The molecule has 0 aromatic heterocycles. The van der Waals surface area contributed by atoms with Crippen LogP contribution in [0.2, 0.25) is 0 Å². The van der Waals surface area contributed by atoms with E-state index in [0.717, 1.165) is 25.1 Å². The summed E-state index contributed by atoms with van der Waals surface area (Å²) in [7, 11) is 0. The molecule has 1 aromatic carbocycles. The molecule has 0 radical (unpaired) electrons. The molecule has 0 bridgehead atoms. The number of para-hydroxylation sites is 1. The van der Waals surface area contributed by atoms with Crippen molar-refractivity contribution in [1.29, 1.82) is 0 Å². The zero-order valence-electron chi connectivity index (χ0n) is 8.48. The monoisotopic (exact) mass is 203 g/mol. The molecule has 1 aromatic rings. The molecule has 1 aliphatic heterocycles. The molecule has 0 spiro atoms. The Morgan fingerprint density at radius 1 is 1.13 bits per heavy atom. The number of benzene rings is 1. The number of piperidine rings is 1. The Balaban J connectivity index is 2.21. The Labute approximate surface area is 88.7 Å². The van der Waals surface area contributed by atoms with Crippen LogP contribution in [-0.2, 0) is 4.79 Å². The maximum absolute atomic E-state index is 11.1. The standard InChI is InChI=1S/C12H13NO2/c14-9-10-3-1-2-4-12(10)13-7-5-11(15)6-8-13/h1-4,9H,5-8H2. The van der Waals surface area contributed by atoms with Gasteiger partial charge in [0, 0.05) is 37.2 Å². The van der Waals surface area contributed by atoms with Crippen LogP contribution in [0, 0.1) is 0 Å². The topological polar surface area (TPSA) is 37.4 Å². The number of anilines is 1. The van der Waals surface area contributed by atoms with Gasteiger partial charge in [-0.3, -0.25) is 9.59 Å². The number of Topliss-reactive ketones (excluding diaryl/α,β-unsaturated/α-hetero) is 1. The van der Waals surface area contributed by atoms with Crippen LogP contribution in [0.1, 0.15) is 23.2 Å². The van der Waals surface area contributed by atoms with Gasteiger partial charge in [0.2, 0.25) is 0 Å². The summed E-state index contributed by atoms with van der Waals surface area (Å²) < 4.78 is 0. The van der Waals surface area contributed by atoms with Crippen LogP contribution in [-0.4, -0.2) is 25.2 Å². The van der Waals surface area contributed by atoms with E-state index in [2.05, 4.69) is 4.90 Å². The summed E-state index contributed by atoms with van der Waals surface area (Å²) >= 11 is 0. The minimum atomic E-state index is 0.315. The van der Waals surface area contributed by atoms with Crippen molar-refractivity contribution >= 4 is 17.8 Å². The van der Waals surface area contributed by atoms with E-state index in [9.17, 15) is 9.59 Å². The SMILES string of the molecule is O=Cc1ccccc1N1CCC(=O)CC1. The molecule has 0 amide bonds. The van der Waals surface area contributed by atoms with E-state index in [-0.39, 0.29) is 0 Å². The second kappa shape index (κ2) is 4.26. The summed E-state index contributed by atoms with van der Waals surface area (Å²) in [6.45, 7) is 1.45. The van der Waals surface area contributed by atoms with Crippen molar-refractivity contribution in [3.8, 4) is 0 Å². The van der Waals surface area contributed by atoms with Gasteiger partial charge in [0.25, 0.3) is 0 Å². The van der Waals surface area contributed by atoms with Gasteiger partial charge in [0.15, 0.2) is 6.29 Å². The highest BCUT2D eigenvalue weighted by Crippen LogP contribution is 2.21. The van der Waals surface area contributed by atoms with Gasteiger partial charge in [0.05, 0.1) is 0 Å². The fraction of sp³-hybridized carbons (Fsp3) is 0.333. The molecule has 0 N–H and O–H groups in total. The van der Waals surface area contributed by atoms with Crippen molar-refractivity contribution in [2.24, 2.45) is 0 Å². The van der Waals surface area contributed by atoms with Crippen LogP contribution >= 0.6 is 0 Å². The number of rotatable bonds is 2. The number of hydrogen-bond acceptors (Lipinski definition) is 3. The molecule has 0 aliphatic carbocycles. The lowest BCUT2D eigenvalue weighted by molar-refractivity contribution is -0.119. The predicted molar refractivity (Wildman–Crippen MR) is 58.3 cm³/mol. The third kappa shape index (κ3) is 2.06. The Morgan fingerprint density at radius 2 is 1.80 bits per heavy atom. The van der Waals surface area contributed by atoms with E-state index in [1.165, 1.54) is 0 Å². The van der Waals surface area contributed by atoms with Crippen molar-refractivity contribution in [2.75, 3.05) is 18.0 Å². The Bertz CT molecular complexity index is 377. The Morgan fingerprint density at radius 3 is 2.47 bits per heavy atom. The lowest BCUT2D eigenvalue weighted by Crippen LogP contribution is -2.34. The summed E-state index contributed by atoms with van der Waals surface area (Å²) in [5.74, 6) is 0.315. The van der Waals surface area contributed by atoms with Crippen LogP contribution in [0.5, 0.6) is 0 Å². The van der Waals surface area contributed by atoms with Gasteiger partial charge in [-0.2, -0.15) is 0 Å². The van der Waals surface area contributed by atoms with Gasteiger partial charge in [0.1, 0.15) is 5.78 Å². The summed E-state index contributed by atoms with van der Waals surface area (Å²) in [4.78, 5) is 24.0. The van der Waals surface area contributed by atoms with Crippen LogP contribution in [0.4, 0.5) is 5.69 Å².